The quantitative estimate of drug-likeness (QED) is 0.523. The summed E-state index contributed by atoms with van der Waals surface area (Å²) in [6, 6.07) is 24.2. The van der Waals surface area contributed by atoms with Crippen molar-refractivity contribution >= 4 is 0 Å². The van der Waals surface area contributed by atoms with E-state index in [0.29, 0.717) is 25.4 Å². The average molecular weight is 381 g/mol. The highest BCUT2D eigenvalue weighted by atomic mass is 19.1. The lowest BCUT2D eigenvalue weighted by molar-refractivity contribution is 0.105. The molecule has 0 aliphatic heterocycles. The molecule has 0 aliphatic rings. The number of benzene rings is 3. The maximum atomic E-state index is 13.4. The SMILES string of the molecule is O[C@@H](CNCCOc1ccccc1F)COc1ccc(-c2ccccc2)cc1. The number of hydrogen-bond acceptors (Lipinski definition) is 4. The fourth-order valence-corrected chi connectivity index (χ4v) is 2.69. The van der Waals surface area contributed by atoms with Crippen LogP contribution in [0, 0.1) is 5.82 Å². The van der Waals surface area contributed by atoms with Crippen LogP contribution in [0.1, 0.15) is 0 Å². The number of ether oxygens (including phenoxy) is 2. The van der Waals surface area contributed by atoms with E-state index < -0.39 is 6.10 Å². The van der Waals surface area contributed by atoms with E-state index >= 15 is 0 Å². The molecule has 146 valence electrons. The highest BCUT2D eigenvalue weighted by Crippen LogP contribution is 2.22. The lowest BCUT2D eigenvalue weighted by Gasteiger charge is -2.14. The van der Waals surface area contributed by atoms with Gasteiger partial charge in [0.25, 0.3) is 0 Å². The van der Waals surface area contributed by atoms with Crippen LogP contribution in [0.5, 0.6) is 11.5 Å². The molecule has 28 heavy (non-hydrogen) atoms. The van der Waals surface area contributed by atoms with Crippen LogP contribution in [0.4, 0.5) is 4.39 Å². The van der Waals surface area contributed by atoms with Gasteiger partial charge in [-0.3, -0.25) is 0 Å². The van der Waals surface area contributed by atoms with Crippen molar-refractivity contribution in [3.8, 4) is 22.6 Å². The maximum Gasteiger partial charge on any atom is 0.165 e. The van der Waals surface area contributed by atoms with E-state index in [4.69, 9.17) is 9.47 Å². The molecule has 3 aromatic carbocycles. The molecule has 3 rings (SSSR count). The Balaban J connectivity index is 1.33. The second-order valence-corrected chi connectivity index (χ2v) is 6.34. The number of hydrogen-bond donors (Lipinski definition) is 2. The third-order valence-corrected chi connectivity index (χ3v) is 4.16. The molecule has 5 heteroatoms. The zero-order valence-corrected chi connectivity index (χ0v) is 15.6. The number of nitrogens with one attached hydrogen (secondary N) is 1. The van der Waals surface area contributed by atoms with Gasteiger partial charge in [0.05, 0.1) is 0 Å². The minimum Gasteiger partial charge on any atom is -0.491 e. The molecule has 0 aromatic heterocycles. The van der Waals surface area contributed by atoms with Crippen LogP contribution in [0.15, 0.2) is 78.9 Å². The molecule has 1 atom stereocenters. The Morgan fingerprint density at radius 1 is 0.821 bits per heavy atom. The molecule has 0 bridgehead atoms. The van der Waals surface area contributed by atoms with Crippen molar-refractivity contribution in [2.75, 3.05) is 26.3 Å². The van der Waals surface area contributed by atoms with E-state index in [1.807, 2.05) is 42.5 Å². The third-order valence-electron chi connectivity index (χ3n) is 4.16. The van der Waals surface area contributed by atoms with E-state index in [-0.39, 0.29) is 18.2 Å². The van der Waals surface area contributed by atoms with Crippen molar-refractivity contribution in [1.29, 1.82) is 0 Å². The van der Waals surface area contributed by atoms with Gasteiger partial charge < -0.3 is 19.9 Å². The lowest BCUT2D eigenvalue weighted by Crippen LogP contribution is -2.33. The first kappa shape index (κ1) is 19.9. The summed E-state index contributed by atoms with van der Waals surface area (Å²) >= 11 is 0. The van der Waals surface area contributed by atoms with Gasteiger partial charge in [-0.25, -0.2) is 4.39 Å². The maximum absolute atomic E-state index is 13.4. The van der Waals surface area contributed by atoms with Crippen LogP contribution >= 0.6 is 0 Å². The molecule has 0 heterocycles. The summed E-state index contributed by atoms with van der Waals surface area (Å²) in [6.07, 6.45) is -0.651. The van der Waals surface area contributed by atoms with Crippen molar-refractivity contribution in [2.24, 2.45) is 0 Å². The van der Waals surface area contributed by atoms with Crippen molar-refractivity contribution < 1.29 is 19.0 Å². The van der Waals surface area contributed by atoms with Crippen LogP contribution in [-0.2, 0) is 0 Å². The summed E-state index contributed by atoms with van der Waals surface area (Å²) in [5.41, 5.74) is 2.26. The zero-order valence-electron chi connectivity index (χ0n) is 15.6. The Morgan fingerprint density at radius 3 is 2.25 bits per heavy atom. The van der Waals surface area contributed by atoms with Gasteiger partial charge in [-0.1, -0.05) is 54.6 Å². The van der Waals surface area contributed by atoms with Crippen LogP contribution in [-0.4, -0.2) is 37.5 Å². The summed E-state index contributed by atoms with van der Waals surface area (Å²) in [5, 5.41) is 13.1. The largest absolute Gasteiger partial charge is 0.491 e. The second-order valence-electron chi connectivity index (χ2n) is 6.34. The van der Waals surface area contributed by atoms with Crippen LogP contribution in [0.25, 0.3) is 11.1 Å². The molecule has 0 unspecified atom stereocenters. The fourth-order valence-electron chi connectivity index (χ4n) is 2.69. The highest BCUT2D eigenvalue weighted by Gasteiger charge is 2.06. The van der Waals surface area contributed by atoms with Gasteiger partial charge in [0.1, 0.15) is 25.1 Å². The molecule has 0 fully saturated rings. The zero-order chi connectivity index (χ0) is 19.6. The lowest BCUT2D eigenvalue weighted by atomic mass is 10.1. The molecular weight excluding hydrogens is 357 g/mol. The third kappa shape index (κ3) is 6.08. The second kappa shape index (κ2) is 10.4. The van der Waals surface area contributed by atoms with E-state index in [0.717, 1.165) is 11.1 Å². The van der Waals surface area contributed by atoms with Gasteiger partial charge in [-0.2, -0.15) is 0 Å². The summed E-state index contributed by atoms with van der Waals surface area (Å²) in [6.45, 7) is 1.36. The Labute approximate surface area is 164 Å². The molecular formula is C23H24FNO3. The Hall–Kier alpha value is -2.89. The van der Waals surface area contributed by atoms with Gasteiger partial charge >= 0.3 is 0 Å². The van der Waals surface area contributed by atoms with Crippen LogP contribution in [0.3, 0.4) is 0 Å². The minimum atomic E-state index is -0.651. The molecule has 0 radical (unpaired) electrons. The molecule has 0 saturated carbocycles. The first-order chi connectivity index (χ1) is 13.7. The van der Waals surface area contributed by atoms with Gasteiger partial charge in [-0.05, 0) is 35.4 Å². The molecule has 2 N–H and O–H groups in total. The van der Waals surface area contributed by atoms with E-state index in [9.17, 15) is 9.50 Å². The minimum absolute atomic E-state index is 0.186. The van der Waals surface area contributed by atoms with Crippen LogP contribution < -0.4 is 14.8 Å². The molecule has 0 aliphatic carbocycles. The number of halogens is 1. The Bertz CT molecular complexity index is 840. The number of rotatable bonds is 10. The standard InChI is InChI=1S/C23H24FNO3/c24-22-8-4-5-9-23(22)27-15-14-25-16-20(26)17-28-21-12-10-19(11-13-21)18-6-2-1-3-7-18/h1-13,20,25-26H,14-17H2/t20-/m0/s1. The number of aliphatic hydroxyl groups is 1. The Kier molecular flexibility index (Phi) is 7.41. The van der Waals surface area contributed by atoms with Crippen molar-refractivity contribution in [2.45, 2.75) is 6.10 Å². The van der Waals surface area contributed by atoms with Crippen molar-refractivity contribution in [1.82, 2.24) is 5.32 Å². The van der Waals surface area contributed by atoms with Gasteiger partial charge in [0.2, 0.25) is 0 Å². The predicted octanol–water partition coefficient (Wildman–Crippen LogP) is 3.90. The van der Waals surface area contributed by atoms with Crippen LogP contribution in [0.2, 0.25) is 0 Å². The van der Waals surface area contributed by atoms with E-state index in [1.54, 1.807) is 18.2 Å². The van der Waals surface area contributed by atoms with Gasteiger partial charge in [-0.15, -0.1) is 0 Å². The summed E-state index contributed by atoms with van der Waals surface area (Å²) in [5.74, 6) is 0.558. The number of aliphatic hydroxyl groups excluding tert-OH is 1. The normalized spacial score (nSPS) is 11.8. The molecule has 0 saturated heterocycles. The van der Waals surface area contributed by atoms with Gasteiger partial charge in [0.15, 0.2) is 11.6 Å². The van der Waals surface area contributed by atoms with Crippen molar-refractivity contribution in [3.63, 3.8) is 0 Å². The molecule has 0 amide bonds. The summed E-state index contributed by atoms with van der Waals surface area (Å²) in [7, 11) is 0. The monoisotopic (exact) mass is 381 g/mol. The summed E-state index contributed by atoms with van der Waals surface area (Å²) in [4.78, 5) is 0. The fraction of sp³-hybridized carbons (Fsp3) is 0.217. The van der Waals surface area contributed by atoms with Gasteiger partial charge in [0, 0.05) is 13.1 Å². The summed E-state index contributed by atoms with van der Waals surface area (Å²) < 4.78 is 24.4. The molecule has 0 spiro atoms. The molecule has 3 aromatic rings. The number of para-hydroxylation sites is 1. The van der Waals surface area contributed by atoms with E-state index in [2.05, 4.69) is 17.4 Å². The average Bonchev–Trinajstić information content (AvgIpc) is 2.74. The highest BCUT2D eigenvalue weighted by molar-refractivity contribution is 5.63. The topological polar surface area (TPSA) is 50.7 Å². The smallest absolute Gasteiger partial charge is 0.165 e. The first-order valence-corrected chi connectivity index (χ1v) is 9.27. The predicted molar refractivity (Wildman–Crippen MR) is 108 cm³/mol. The molecule has 4 nitrogen and oxygen atoms in total. The van der Waals surface area contributed by atoms with Crippen molar-refractivity contribution in [3.05, 3.63) is 84.7 Å². The first-order valence-electron chi connectivity index (χ1n) is 9.27. The van der Waals surface area contributed by atoms with E-state index in [1.165, 1.54) is 6.07 Å². The Morgan fingerprint density at radius 2 is 1.50 bits per heavy atom.